The summed E-state index contributed by atoms with van der Waals surface area (Å²) in [4.78, 5) is 0. The molecular weight excluding hydrogens is 246 g/mol. The topological polar surface area (TPSA) is 29.9 Å². The molecule has 0 radical (unpaired) electrons. The maximum atomic E-state index is 4.38. The van der Waals surface area contributed by atoms with Gasteiger partial charge in [-0.05, 0) is 37.0 Å². The Morgan fingerprint density at radius 2 is 1.95 bits per heavy atom. The molecule has 0 saturated heterocycles. The predicted octanol–water partition coefficient (Wildman–Crippen LogP) is 3.61. The van der Waals surface area contributed by atoms with Crippen molar-refractivity contribution >= 4 is 0 Å². The second-order valence-corrected chi connectivity index (χ2v) is 5.43. The van der Waals surface area contributed by atoms with Crippen LogP contribution in [-0.4, -0.2) is 9.78 Å². The van der Waals surface area contributed by atoms with Gasteiger partial charge in [-0.2, -0.15) is 5.10 Å². The van der Waals surface area contributed by atoms with Crippen LogP contribution in [0.2, 0.25) is 0 Å². The molecule has 3 nitrogen and oxygen atoms in total. The highest BCUT2D eigenvalue weighted by Gasteiger charge is 2.06. The van der Waals surface area contributed by atoms with E-state index in [1.807, 2.05) is 24.0 Å². The molecular formula is C17H25N3. The van der Waals surface area contributed by atoms with Gasteiger partial charge in [0.15, 0.2) is 0 Å². The lowest BCUT2D eigenvalue weighted by Gasteiger charge is -2.14. The first-order chi connectivity index (χ1) is 9.69. The third kappa shape index (κ3) is 4.20. The molecule has 0 spiro atoms. The van der Waals surface area contributed by atoms with Gasteiger partial charge in [-0.25, -0.2) is 0 Å². The minimum atomic E-state index is 0.345. The summed E-state index contributed by atoms with van der Waals surface area (Å²) in [7, 11) is 1.95. The molecule has 3 heteroatoms. The third-order valence-electron chi connectivity index (χ3n) is 3.66. The van der Waals surface area contributed by atoms with Crippen molar-refractivity contribution in [3.8, 4) is 0 Å². The third-order valence-corrected chi connectivity index (χ3v) is 3.66. The minimum Gasteiger partial charge on any atom is -0.304 e. The summed E-state index contributed by atoms with van der Waals surface area (Å²) in [6.07, 6.45) is 5.69. The number of hydrogen-bond acceptors (Lipinski definition) is 2. The summed E-state index contributed by atoms with van der Waals surface area (Å²) in [5.74, 6) is 0. The molecule has 20 heavy (non-hydrogen) atoms. The van der Waals surface area contributed by atoms with Crippen molar-refractivity contribution in [3.05, 3.63) is 53.3 Å². The lowest BCUT2D eigenvalue weighted by atomic mass is 10.0. The highest BCUT2D eigenvalue weighted by atomic mass is 15.3. The number of nitrogens with zero attached hydrogens (tertiary/aromatic N) is 2. The smallest absolute Gasteiger partial charge is 0.0762 e. The number of rotatable bonds is 7. The quantitative estimate of drug-likeness (QED) is 0.833. The standard InChI is InChI=1S/C17H25N3/c1-4-5-6-15-7-9-16(10-8-15)14(2)18-13-17-11-12-20(3)19-17/h7-12,14,18H,4-6,13H2,1-3H3. The number of nitrogens with one attached hydrogen (secondary N) is 1. The van der Waals surface area contributed by atoms with Crippen LogP contribution in [-0.2, 0) is 20.0 Å². The van der Waals surface area contributed by atoms with Crippen LogP contribution < -0.4 is 5.32 Å². The van der Waals surface area contributed by atoms with Gasteiger partial charge in [-0.3, -0.25) is 4.68 Å². The molecule has 2 aromatic rings. The largest absolute Gasteiger partial charge is 0.304 e. The number of aryl methyl sites for hydroxylation is 2. The van der Waals surface area contributed by atoms with E-state index in [1.165, 1.54) is 30.4 Å². The number of unbranched alkanes of at least 4 members (excludes halogenated alkanes) is 1. The molecule has 0 aliphatic carbocycles. The molecule has 1 unspecified atom stereocenters. The maximum Gasteiger partial charge on any atom is 0.0762 e. The van der Waals surface area contributed by atoms with E-state index in [-0.39, 0.29) is 0 Å². The number of hydrogen-bond donors (Lipinski definition) is 1. The van der Waals surface area contributed by atoms with Crippen LogP contribution >= 0.6 is 0 Å². The van der Waals surface area contributed by atoms with Gasteiger partial charge >= 0.3 is 0 Å². The Morgan fingerprint density at radius 3 is 2.55 bits per heavy atom. The molecule has 1 N–H and O–H groups in total. The zero-order chi connectivity index (χ0) is 14.4. The molecule has 0 aliphatic rings. The van der Waals surface area contributed by atoms with Gasteiger partial charge in [0.2, 0.25) is 0 Å². The highest BCUT2D eigenvalue weighted by molar-refractivity contribution is 5.24. The van der Waals surface area contributed by atoms with Crippen molar-refractivity contribution in [2.45, 2.75) is 45.7 Å². The van der Waals surface area contributed by atoms with Crippen molar-refractivity contribution < 1.29 is 0 Å². The van der Waals surface area contributed by atoms with Crippen molar-refractivity contribution in [1.29, 1.82) is 0 Å². The average molecular weight is 271 g/mol. The molecule has 1 aromatic carbocycles. The monoisotopic (exact) mass is 271 g/mol. The Kier molecular flexibility index (Phi) is 5.36. The molecule has 0 aliphatic heterocycles. The van der Waals surface area contributed by atoms with Crippen LogP contribution in [0.15, 0.2) is 36.5 Å². The summed E-state index contributed by atoms with van der Waals surface area (Å²) in [6.45, 7) is 5.24. The van der Waals surface area contributed by atoms with Gasteiger partial charge in [-0.1, -0.05) is 37.6 Å². The Hall–Kier alpha value is -1.61. The summed E-state index contributed by atoms with van der Waals surface area (Å²) < 4.78 is 1.84. The molecule has 108 valence electrons. The zero-order valence-corrected chi connectivity index (χ0v) is 12.8. The SMILES string of the molecule is CCCCc1ccc(C(C)NCc2ccn(C)n2)cc1. The molecule has 1 heterocycles. The van der Waals surface area contributed by atoms with Crippen LogP contribution in [0.5, 0.6) is 0 Å². The lowest BCUT2D eigenvalue weighted by Crippen LogP contribution is -2.18. The van der Waals surface area contributed by atoms with E-state index in [0.29, 0.717) is 6.04 Å². The molecule has 0 saturated carbocycles. The first-order valence-corrected chi connectivity index (χ1v) is 7.49. The van der Waals surface area contributed by atoms with Crippen molar-refractivity contribution in [2.75, 3.05) is 0 Å². The van der Waals surface area contributed by atoms with Crippen molar-refractivity contribution in [1.82, 2.24) is 15.1 Å². The Balaban J connectivity index is 1.86. The minimum absolute atomic E-state index is 0.345. The van der Waals surface area contributed by atoms with E-state index < -0.39 is 0 Å². The van der Waals surface area contributed by atoms with Crippen LogP contribution in [0.1, 0.15) is 49.6 Å². The summed E-state index contributed by atoms with van der Waals surface area (Å²) in [5.41, 5.74) is 3.85. The molecule has 0 bridgehead atoms. The van der Waals surface area contributed by atoms with Crippen molar-refractivity contribution in [3.63, 3.8) is 0 Å². The fourth-order valence-corrected chi connectivity index (χ4v) is 2.29. The number of benzene rings is 1. The van der Waals surface area contributed by atoms with Crippen LogP contribution in [0.3, 0.4) is 0 Å². The maximum absolute atomic E-state index is 4.38. The van der Waals surface area contributed by atoms with E-state index in [0.717, 1.165) is 12.2 Å². The van der Waals surface area contributed by atoms with E-state index in [1.54, 1.807) is 0 Å². The van der Waals surface area contributed by atoms with E-state index in [9.17, 15) is 0 Å². The fourth-order valence-electron chi connectivity index (χ4n) is 2.29. The Labute approximate surface area is 122 Å². The van der Waals surface area contributed by atoms with Crippen LogP contribution in [0.4, 0.5) is 0 Å². The van der Waals surface area contributed by atoms with Crippen LogP contribution in [0, 0.1) is 0 Å². The van der Waals surface area contributed by atoms with E-state index in [2.05, 4.69) is 48.5 Å². The number of aromatic nitrogens is 2. The normalized spacial score (nSPS) is 12.6. The second kappa shape index (κ2) is 7.25. The molecule has 1 aromatic heterocycles. The van der Waals surface area contributed by atoms with Gasteiger partial charge in [-0.15, -0.1) is 0 Å². The summed E-state index contributed by atoms with van der Waals surface area (Å²) in [5, 5.41) is 7.89. The van der Waals surface area contributed by atoms with Crippen LogP contribution in [0.25, 0.3) is 0 Å². The lowest BCUT2D eigenvalue weighted by molar-refractivity contribution is 0.561. The molecule has 0 fully saturated rings. The Morgan fingerprint density at radius 1 is 1.20 bits per heavy atom. The Bertz CT molecular complexity index is 513. The fraction of sp³-hybridized carbons (Fsp3) is 0.471. The summed E-state index contributed by atoms with van der Waals surface area (Å²) >= 11 is 0. The first-order valence-electron chi connectivity index (χ1n) is 7.49. The van der Waals surface area contributed by atoms with Gasteiger partial charge in [0.25, 0.3) is 0 Å². The average Bonchev–Trinajstić information content (AvgIpc) is 2.89. The van der Waals surface area contributed by atoms with Gasteiger partial charge in [0.1, 0.15) is 0 Å². The van der Waals surface area contributed by atoms with Gasteiger partial charge in [0, 0.05) is 25.8 Å². The first kappa shape index (κ1) is 14.8. The molecule has 2 rings (SSSR count). The zero-order valence-electron chi connectivity index (χ0n) is 12.8. The van der Waals surface area contributed by atoms with E-state index in [4.69, 9.17) is 0 Å². The summed E-state index contributed by atoms with van der Waals surface area (Å²) in [6, 6.07) is 11.4. The highest BCUT2D eigenvalue weighted by Crippen LogP contribution is 2.15. The van der Waals surface area contributed by atoms with E-state index >= 15 is 0 Å². The predicted molar refractivity (Wildman–Crippen MR) is 83.5 cm³/mol. The molecule has 0 amide bonds. The van der Waals surface area contributed by atoms with Gasteiger partial charge < -0.3 is 5.32 Å². The second-order valence-electron chi connectivity index (χ2n) is 5.43. The van der Waals surface area contributed by atoms with Gasteiger partial charge in [0.05, 0.1) is 5.69 Å². The molecule has 1 atom stereocenters. The van der Waals surface area contributed by atoms with Crippen molar-refractivity contribution in [2.24, 2.45) is 7.05 Å².